The Morgan fingerprint density at radius 1 is 1.04 bits per heavy atom. The molecule has 2 atom stereocenters. The van der Waals surface area contributed by atoms with Crippen LogP contribution in [0, 0.1) is 17.8 Å². The van der Waals surface area contributed by atoms with Crippen LogP contribution in [0.2, 0.25) is 0 Å². The highest BCUT2D eigenvalue weighted by atomic mass is 16.6. The molecule has 2 aromatic rings. The molecule has 0 aliphatic carbocycles. The Morgan fingerprint density at radius 3 is 2.26 bits per heavy atom. The quantitative estimate of drug-likeness (QED) is 0.674. The minimum atomic E-state index is -1.98. The summed E-state index contributed by atoms with van der Waals surface area (Å²) >= 11 is 0. The molecule has 1 N–H and O–H groups in total. The number of aliphatic hydroxyl groups is 1. The average Bonchev–Trinajstić information content (AvgIpc) is 2.74. The fraction of sp³-hybridized carbons (Fsp3) is 0.348. The summed E-state index contributed by atoms with van der Waals surface area (Å²) in [5.41, 5.74) is -0.814. The second-order valence-electron chi connectivity index (χ2n) is 7.27. The lowest BCUT2D eigenvalue weighted by Gasteiger charge is -2.44. The number of fused-ring (bicyclic) bond motifs is 3. The van der Waals surface area contributed by atoms with Crippen LogP contribution in [0.25, 0.3) is 0 Å². The maximum absolute atomic E-state index is 13.0. The first-order valence-electron chi connectivity index (χ1n) is 9.45. The van der Waals surface area contributed by atoms with Crippen molar-refractivity contribution in [1.29, 1.82) is 0 Å². The molecule has 0 radical (unpaired) electrons. The van der Waals surface area contributed by atoms with Gasteiger partial charge in [-0.05, 0) is 49.9 Å². The van der Waals surface area contributed by atoms with Gasteiger partial charge >= 0.3 is 5.97 Å². The second-order valence-corrected chi connectivity index (χ2v) is 7.27. The Morgan fingerprint density at radius 2 is 1.67 bits per heavy atom. The van der Waals surface area contributed by atoms with Crippen LogP contribution in [0.3, 0.4) is 0 Å². The Balaban J connectivity index is 1.62. The first kappa shape index (κ1) is 17.8. The number of ether oxygens (including phenoxy) is 1. The van der Waals surface area contributed by atoms with Gasteiger partial charge in [0.1, 0.15) is 6.10 Å². The molecule has 0 spiro atoms. The molecule has 2 bridgehead atoms. The number of rotatable bonds is 3. The molecule has 3 fully saturated rings. The van der Waals surface area contributed by atoms with Crippen molar-refractivity contribution < 1.29 is 14.6 Å². The monoisotopic (exact) mass is 361 g/mol. The summed E-state index contributed by atoms with van der Waals surface area (Å²) in [4.78, 5) is 15.4. The Hall–Kier alpha value is -2.61. The lowest BCUT2D eigenvalue weighted by Crippen LogP contribution is -2.53. The van der Waals surface area contributed by atoms with E-state index in [-0.39, 0.29) is 6.10 Å². The van der Waals surface area contributed by atoms with Crippen LogP contribution in [0.5, 0.6) is 0 Å². The van der Waals surface area contributed by atoms with Crippen molar-refractivity contribution >= 4 is 5.97 Å². The van der Waals surface area contributed by atoms with Gasteiger partial charge in [0, 0.05) is 17.7 Å². The van der Waals surface area contributed by atoms with E-state index in [0.29, 0.717) is 11.5 Å². The molecule has 4 nitrogen and oxygen atoms in total. The van der Waals surface area contributed by atoms with Gasteiger partial charge in [-0.1, -0.05) is 54.5 Å². The number of carbonyl (C=O) groups excluding carboxylic acids is 1. The summed E-state index contributed by atoms with van der Waals surface area (Å²) in [6, 6.07) is 18.2. The summed E-state index contributed by atoms with van der Waals surface area (Å²) < 4.78 is 5.80. The van der Waals surface area contributed by atoms with E-state index in [1.54, 1.807) is 24.3 Å². The van der Waals surface area contributed by atoms with Gasteiger partial charge in [0.2, 0.25) is 0 Å². The van der Waals surface area contributed by atoms with Gasteiger partial charge in [0.05, 0.1) is 0 Å². The Kier molecular flexibility index (Phi) is 4.98. The van der Waals surface area contributed by atoms with E-state index in [4.69, 9.17) is 4.74 Å². The van der Waals surface area contributed by atoms with Crippen LogP contribution in [0.1, 0.15) is 24.0 Å². The van der Waals surface area contributed by atoms with Crippen LogP contribution < -0.4 is 0 Å². The highest BCUT2D eigenvalue weighted by Crippen LogP contribution is 2.32. The minimum Gasteiger partial charge on any atom is -0.458 e. The Labute approximate surface area is 159 Å². The third kappa shape index (κ3) is 3.75. The first-order chi connectivity index (χ1) is 13.1. The molecule has 0 saturated carbocycles. The normalized spacial score (nSPS) is 25.7. The molecule has 5 rings (SSSR count). The van der Waals surface area contributed by atoms with Crippen molar-refractivity contribution in [2.75, 3.05) is 19.6 Å². The molecule has 0 aromatic heterocycles. The van der Waals surface area contributed by atoms with E-state index in [1.165, 1.54) is 0 Å². The van der Waals surface area contributed by atoms with Crippen molar-refractivity contribution in [3.63, 3.8) is 0 Å². The van der Waals surface area contributed by atoms with Gasteiger partial charge in [-0.25, -0.2) is 4.79 Å². The average molecular weight is 361 g/mol. The molecular formula is C23H23NO3. The molecule has 3 aliphatic rings. The molecule has 138 valence electrons. The number of nitrogens with zero attached hydrogens (tertiary/aromatic N) is 1. The summed E-state index contributed by atoms with van der Waals surface area (Å²) in [7, 11) is 0. The standard InChI is InChI=1S/C23H23NO3/c25-22(27-21-17-24-15-12-19(21)13-16-24)23(26,20-9-5-2-6-10-20)14-11-18-7-3-1-4-8-18/h1-10,19,21,26H,12-13,15-17H2/t21-,23-/m0/s1. The van der Waals surface area contributed by atoms with E-state index < -0.39 is 11.6 Å². The number of hydrogen-bond acceptors (Lipinski definition) is 4. The van der Waals surface area contributed by atoms with Gasteiger partial charge in [0.15, 0.2) is 0 Å². The smallest absolute Gasteiger partial charge is 0.356 e. The molecular weight excluding hydrogens is 338 g/mol. The lowest BCUT2D eigenvalue weighted by atomic mass is 9.85. The van der Waals surface area contributed by atoms with Gasteiger partial charge in [0.25, 0.3) is 5.60 Å². The van der Waals surface area contributed by atoms with E-state index >= 15 is 0 Å². The van der Waals surface area contributed by atoms with Crippen molar-refractivity contribution in [3.05, 3.63) is 71.8 Å². The van der Waals surface area contributed by atoms with Gasteiger partial charge in [-0.2, -0.15) is 0 Å². The molecule has 3 aliphatic heterocycles. The van der Waals surface area contributed by atoms with Crippen molar-refractivity contribution in [2.45, 2.75) is 24.5 Å². The van der Waals surface area contributed by atoms with Crippen molar-refractivity contribution in [2.24, 2.45) is 5.92 Å². The zero-order valence-corrected chi connectivity index (χ0v) is 15.2. The van der Waals surface area contributed by atoms with Crippen molar-refractivity contribution in [3.8, 4) is 11.8 Å². The van der Waals surface area contributed by atoms with E-state index in [2.05, 4.69) is 16.7 Å². The molecule has 27 heavy (non-hydrogen) atoms. The predicted molar refractivity (Wildman–Crippen MR) is 103 cm³/mol. The van der Waals surface area contributed by atoms with E-state index in [0.717, 1.165) is 38.0 Å². The fourth-order valence-corrected chi connectivity index (χ4v) is 3.87. The van der Waals surface area contributed by atoms with Gasteiger partial charge < -0.3 is 9.84 Å². The van der Waals surface area contributed by atoms with Gasteiger partial charge in [-0.3, -0.25) is 4.90 Å². The summed E-state index contributed by atoms with van der Waals surface area (Å²) in [6.45, 7) is 2.87. The third-order valence-electron chi connectivity index (χ3n) is 5.50. The second kappa shape index (κ2) is 7.56. The molecule has 3 saturated heterocycles. The van der Waals surface area contributed by atoms with Crippen LogP contribution in [-0.4, -0.2) is 41.7 Å². The van der Waals surface area contributed by atoms with E-state index in [9.17, 15) is 9.90 Å². The lowest BCUT2D eigenvalue weighted by molar-refractivity contribution is -0.175. The SMILES string of the molecule is O=C(O[C@H]1CN2CCC1CC2)[C@](O)(C#Cc1ccccc1)c1ccccc1. The molecule has 4 heteroatoms. The van der Waals surface area contributed by atoms with Crippen LogP contribution in [0.4, 0.5) is 0 Å². The van der Waals surface area contributed by atoms with E-state index in [1.807, 2.05) is 36.4 Å². The number of hydrogen-bond donors (Lipinski definition) is 1. The van der Waals surface area contributed by atoms with Crippen LogP contribution >= 0.6 is 0 Å². The first-order valence-corrected chi connectivity index (χ1v) is 9.45. The topological polar surface area (TPSA) is 49.8 Å². The molecule has 2 aromatic carbocycles. The number of piperidine rings is 3. The minimum absolute atomic E-state index is 0.172. The molecule has 0 unspecified atom stereocenters. The highest BCUT2D eigenvalue weighted by Gasteiger charge is 2.43. The van der Waals surface area contributed by atoms with Crippen molar-refractivity contribution in [1.82, 2.24) is 4.90 Å². The summed E-state index contributed by atoms with van der Waals surface area (Å²) in [5, 5.41) is 11.3. The van der Waals surface area contributed by atoms with Gasteiger partial charge in [-0.15, -0.1) is 0 Å². The number of benzene rings is 2. The number of carbonyl (C=O) groups is 1. The zero-order chi connectivity index (χ0) is 18.7. The number of esters is 1. The maximum atomic E-state index is 13.0. The largest absolute Gasteiger partial charge is 0.458 e. The highest BCUT2D eigenvalue weighted by molar-refractivity contribution is 5.85. The third-order valence-corrected chi connectivity index (χ3v) is 5.50. The summed E-state index contributed by atoms with van der Waals surface area (Å²) in [5.74, 6) is 5.40. The fourth-order valence-electron chi connectivity index (χ4n) is 3.87. The summed E-state index contributed by atoms with van der Waals surface area (Å²) in [6.07, 6.45) is 1.91. The Bertz CT molecular complexity index is 847. The van der Waals surface area contributed by atoms with Crippen LogP contribution in [0.15, 0.2) is 60.7 Å². The maximum Gasteiger partial charge on any atom is 0.356 e. The zero-order valence-electron chi connectivity index (χ0n) is 15.2. The van der Waals surface area contributed by atoms with Crippen LogP contribution in [-0.2, 0) is 15.1 Å². The molecule has 3 heterocycles. The molecule has 0 amide bonds. The predicted octanol–water partition coefficient (Wildman–Crippen LogP) is 2.56.